The van der Waals surface area contributed by atoms with Crippen molar-refractivity contribution in [1.82, 2.24) is 9.80 Å². The van der Waals surface area contributed by atoms with Crippen molar-refractivity contribution >= 4 is 11.8 Å². The quantitative estimate of drug-likeness (QED) is 0.899. The fourth-order valence-electron chi connectivity index (χ4n) is 3.64. The van der Waals surface area contributed by atoms with Gasteiger partial charge in [-0.3, -0.25) is 14.5 Å². The van der Waals surface area contributed by atoms with Crippen molar-refractivity contribution < 1.29 is 22.8 Å². The van der Waals surface area contributed by atoms with Crippen LogP contribution < -0.4 is 5.73 Å². The van der Waals surface area contributed by atoms with Gasteiger partial charge in [-0.25, -0.2) is 0 Å². The number of amides is 2. The second-order valence-corrected chi connectivity index (χ2v) is 6.17. The van der Waals surface area contributed by atoms with Crippen LogP contribution in [0.15, 0.2) is 24.3 Å². The third kappa shape index (κ3) is 3.10. The Balaban J connectivity index is 1.84. The van der Waals surface area contributed by atoms with Crippen LogP contribution in [-0.2, 0) is 16.0 Å². The number of rotatable bonds is 3. The summed E-state index contributed by atoms with van der Waals surface area (Å²) in [5.74, 6) is -1.18. The first-order valence-electron chi connectivity index (χ1n) is 7.76. The number of primary amides is 1. The van der Waals surface area contributed by atoms with E-state index in [9.17, 15) is 22.8 Å². The van der Waals surface area contributed by atoms with Gasteiger partial charge in [-0.05, 0) is 24.0 Å². The lowest BCUT2D eigenvalue weighted by molar-refractivity contribution is -0.159. The van der Waals surface area contributed by atoms with E-state index in [1.54, 1.807) is 17.0 Å². The van der Waals surface area contributed by atoms with Crippen molar-refractivity contribution in [3.05, 3.63) is 35.4 Å². The SMILES string of the molecule is NC(=O)[C@@H]1c2ccccc2CCN1[C@@H]1CCN(CC(F)(F)F)C1=O. The van der Waals surface area contributed by atoms with E-state index in [1.807, 2.05) is 12.1 Å². The number of carbonyl (C=O) groups is 2. The topological polar surface area (TPSA) is 66.6 Å². The summed E-state index contributed by atoms with van der Waals surface area (Å²) in [6.07, 6.45) is -3.54. The van der Waals surface area contributed by atoms with E-state index in [0.717, 1.165) is 16.0 Å². The van der Waals surface area contributed by atoms with Gasteiger partial charge in [0.2, 0.25) is 11.8 Å². The van der Waals surface area contributed by atoms with Gasteiger partial charge in [0, 0.05) is 13.1 Å². The minimum absolute atomic E-state index is 0.0344. The zero-order valence-electron chi connectivity index (χ0n) is 12.9. The summed E-state index contributed by atoms with van der Waals surface area (Å²) in [4.78, 5) is 26.8. The van der Waals surface area contributed by atoms with Gasteiger partial charge < -0.3 is 10.6 Å². The molecule has 2 atom stereocenters. The molecule has 0 radical (unpaired) electrons. The highest BCUT2D eigenvalue weighted by molar-refractivity contribution is 5.87. The summed E-state index contributed by atoms with van der Waals surface area (Å²) in [6, 6.07) is 5.80. The monoisotopic (exact) mass is 341 g/mol. The molecular formula is C16H18F3N3O2. The van der Waals surface area contributed by atoms with Crippen LogP contribution in [0.1, 0.15) is 23.6 Å². The molecular weight excluding hydrogens is 323 g/mol. The zero-order chi connectivity index (χ0) is 17.5. The van der Waals surface area contributed by atoms with Crippen LogP contribution in [0.5, 0.6) is 0 Å². The number of alkyl halides is 3. The largest absolute Gasteiger partial charge is 0.406 e. The molecule has 1 aromatic carbocycles. The molecule has 1 saturated heterocycles. The molecule has 0 saturated carbocycles. The summed E-state index contributed by atoms with van der Waals surface area (Å²) in [5.41, 5.74) is 7.25. The molecule has 1 aromatic rings. The molecule has 2 aliphatic rings. The van der Waals surface area contributed by atoms with Crippen LogP contribution in [0.25, 0.3) is 0 Å². The molecule has 130 valence electrons. The Bertz CT molecular complexity index is 662. The minimum atomic E-state index is -4.43. The Hall–Kier alpha value is -2.09. The smallest absolute Gasteiger partial charge is 0.368 e. The third-order valence-corrected chi connectivity index (χ3v) is 4.63. The van der Waals surface area contributed by atoms with Gasteiger partial charge in [0.1, 0.15) is 12.6 Å². The fourth-order valence-corrected chi connectivity index (χ4v) is 3.64. The van der Waals surface area contributed by atoms with Gasteiger partial charge in [-0.15, -0.1) is 0 Å². The highest BCUT2D eigenvalue weighted by Gasteiger charge is 2.45. The summed E-state index contributed by atoms with van der Waals surface area (Å²) < 4.78 is 37.7. The predicted molar refractivity (Wildman–Crippen MR) is 79.8 cm³/mol. The highest BCUT2D eigenvalue weighted by Crippen LogP contribution is 2.34. The highest BCUT2D eigenvalue weighted by atomic mass is 19.4. The lowest BCUT2D eigenvalue weighted by Crippen LogP contribution is -2.51. The molecule has 0 spiro atoms. The molecule has 5 nitrogen and oxygen atoms in total. The van der Waals surface area contributed by atoms with Gasteiger partial charge >= 0.3 is 6.18 Å². The number of halogens is 3. The van der Waals surface area contributed by atoms with Crippen molar-refractivity contribution in [2.24, 2.45) is 5.73 Å². The van der Waals surface area contributed by atoms with Crippen LogP contribution in [0.2, 0.25) is 0 Å². The van der Waals surface area contributed by atoms with E-state index >= 15 is 0 Å². The third-order valence-electron chi connectivity index (χ3n) is 4.63. The first-order chi connectivity index (χ1) is 11.3. The average Bonchev–Trinajstić information content (AvgIpc) is 2.85. The first-order valence-corrected chi connectivity index (χ1v) is 7.76. The Morgan fingerprint density at radius 2 is 1.96 bits per heavy atom. The van der Waals surface area contributed by atoms with Crippen LogP contribution >= 0.6 is 0 Å². The molecule has 1 fully saturated rings. The molecule has 3 rings (SSSR count). The zero-order valence-corrected chi connectivity index (χ0v) is 12.9. The number of carbonyl (C=O) groups excluding carboxylic acids is 2. The average molecular weight is 341 g/mol. The van der Waals surface area contributed by atoms with Crippen molar-refractivity contribution in [2.45, 2.75) is 31.1 Å². The van der Waals surface area contributed by atoms with Crippen LogP contribution in [0, 0.1) is 0 Å². The number of fused-ring (bicyclic) bond motifs is 1. The number of nitrogens with two attached hydrogens (primary N) is 1. The van der Waals surface area contributed by atoms with Gasteiger partial charge in [0.25, 0.3) is 0 Å². The molecule has 2 aliphatic heterocycles. The molecule has 0 aliphatic carbocycles. The number of benzene rings is 1. The van der Waals surface area contributed by atoms with E-state index < -0.39 is 36.6 Å². The molecule has 0 bridgehead atoms. The second-order valence-electron chi connectivity index (χ2n) is 6.17. The maximum absolute atomic E-state index is 12.6. The molecule has 2 N–H and O–H groups in total. The summed E-state index contributed by atoms with van der Waals surface area (Å²) in [7, 11) is 0. The minimum Gasteiger partial charge on any atom is -0.368 e. The Labute approximate surface area is 137 Å². The number of hydrogen-bond acceptors (Lipinski definition) is 3. The molecule has 2 heterocycles. The maximum Gasteiger partial charge on any atom is 0.406 e. The van der Waals surface area contributed by atoms with Crippen molar-refractivity contribution in [1.29, 1.82) is 0 Å². The Morgan fingerprint density at radius 1 is 1.25 bits per heavy atom. The fraction of sp³-hybridized carbons (Fsp3) is 0.500. The van der Waals surface area contributed by atoms with E-state index in [4.69, 9.17) is 5.73 Å². The lowest BCUT2D eigenvalue weighted by Gasteiger charge is -2.38. The van der Waals surface area contributed by atoms with Crippen molar-refractivity contribution in [3.63, 3.8) is 0 Å². The summed E-state index contributed by atoms with van der Waals surface area (Å²) in [5, 5.41) is 0. The van der Waals surface area contributed by atoms with Crippen LogP contribution in [0.3, 0.4) is 0 Å². The normalized spacial score (nSPS) is 25.0. The van der Waals surface area contributed by atoms with E-state index in [-0.39, 0.29) is 13.0 Å². The molecule has 2 amide bonds. The molecule has 24 heavy (non-hydrogen) atoms. The summed E-state index contributed by atoms with van der Waals surface area (Å²) >= 11 is 0. The molecule has 0 aromatic heterocycles. The van der Waals surface area contributed by atoms with Gasteiger partial charge in [-0.1, -0.05) is 24.3 Å². The first kappa shape index (κ1) is 16.8. The van der Waals surface area contributed by atoms with Crippen LogP contribution in [-0.4, -0.2) is 53.5 Å². The van der Waals surface area contributed by atoms with Gasteiger partial charge in [-0.2, -0.15) is 13.2 Å². The Kier molecular flexibility index (Phi) is 4.25. The van der Waals surface area contributed by atoms with E-state index in [2.05, 4.69) is 0 Å². The standard InChI is InChI=1S/C16H18F3N3O2/c17-16(18,19)9-21-7-6-12(15(21)24)22-8-5-10-3-1-2-4-11(10)13(22)14(20)23/h1-4,12-13H,5-9H2,(H2,20,23)/t12-,13+/m1/s1. The molecule has 0 unspecified atom stereocenters. The van der Waals surface area contributed by atoms with E-state index in [0.29, 0.717) is 13.0 Å². The Morgan fingerprint density at radius 3 is 2.62 bits per heavy atom. The number of nitrogens with zero attached hydrogens (tertiary/aromatic N) is 2. The summed E-state index contributed by atoms with van der Waals surface area (Å²) in [6.45, 7) is -0.804. The van der Waals surface area contributed by atoms with Crippen molar-refractivity contribution in [3.8, 4) is 0 Å². The van der Waals surface area contributed by atoms with Gasteiger partial charge in [0.15, 0.2) is 0 Å². The predicted octanol–water partition coefficient (Wildman–Crippen LogP) is 1.23. The van der Waals surface area contributed by atoms with E-state index in [1.165, 1.54) is 0 Å². The molecule has 8 heteroatoms. The lowest BCUT2D eigenvalue weighted by atomic mass is 9.90. The van der Waals surface area contributed by atoms with Crippen molar-refractivity contribution in [2.75, 3.05) is 19.6 Å². The second kappa shape index (κ2) is 6.08. The number of hydrogen-bond donors (Lipinski definition) is 1. The number of likely N-dealkylation sites (tertiary alicyclic amines) is 1. The maximum atomic E-state index is 12.6. The van der Waals surface area contributed by atoms with Gasteiger partial charge in [0.05, 0.1) is 6.04 Å². The van der Waals surface area contributed by atoms with Crippen LogP contribution in [0.4, 0.5) is 13.2 Å².